The number of benzene rings is 1. The maximum absolute atomic E-state index is 11.8. The fourth-order valence-electron chi connectivity index (χ4n) is 4.55. The van der Waals surface area contributed by atoms with Gasteiger partial charge in [-0.1, -0.05) is 18.9 Å². The van der Waals surface area contributed by atoms with Crippen LogP contribution in [0.4, 0.5) is 0 Å². The van der Waals surface area contributed by atoms with Crippen molar-refractivity contribution in [3.05, 3.63) is 23.8 Å². The third kappa shape index (κ3) is 7.43. The smallest absolute Gasteiger partial charge is 0.302 e. The van der Waals surface area contributed by atoms with E-state index < -0.39 is 12.2 Å². The predicted molar refractivity (Wildman–Crippen MR) is 123 cm³/mol. The van der Waals surface area contributed by atoms with Crippen LogP contribution < -0.4 is 10.1 Å². The molecule has 2 aliphatic rings. The van der Waals surface area contributed by atoms with Gasteiger partial charge in [-0.15, -0.1) is 5.92 Å². The zero-order chi connectivity index (χ0) is 22.9. The van der Waals surface area contributed by atoms with Crippen LogP contribution in [0, 0.1) is 23.7 Å². The Kier molecular flexibility index (Phi) is 9.25. The molecule has 1 saturated heterocycles. The number of phenols is 1. The van der Waals surface area contributed by atoms with Crippen molar-refractivity contribution in [1.82, 2.24) is 5.32 Å². The van der Waals surface area contributed by atoms with Crippen molar-refractivity contribution in [3.8, 4) is 23.3 Å². The van der Waals surface area contributed by atoms with Gasteiger partial charge in [-0.3, -0.25) is 4.79 Å². The molecule has 0 aromatic heterocycles. The number of aliphatic hydroxyl groups is 1. The lowest BCUT2D eigenvalue weighted by Crippen LogP contribution is -2.34. The Morgan fingerprint density at radius 3 is 2.72 bits per heavy atom. The minimum atomic E-state index is -0.519. The molecule has 4 atom stereocenters. The molecule has 3 N–H and O–H groups in total. The summed E-state index contributed by atoms with van der Waals surface area (Å²) in [5, 5.41) is 24.2. The normalized spacial score (nSPS) is 27.1. The molecule has 0 radical (unpaired) electrons. The fourth-order valence-corrected chi connectivity index (χ4v) is 4.55. The number of carbonyl (C=O) groups is 1. The molecule has 0 saturated carbocycles. The van der Waals surface area contributed by atoms with Crippen LogP contribution in [-0.4, -0.2) is 47.6 Å². The molecule has 176 valence electrons. The molecular weight excluding hydrogens is 406 g/mol. The van der Waals surface area contributed by atoms with E-state index in [0.717, 1.165) is 44.3 Å². The van der Waals surface area contributed by atoms with E-state index in [0.29, 0.717) is 31.4 Å². The van der Waals surface area contributed by atoms with Gasteiger partial charge in [-0.25, -0.2) is 0 Å². The first-order valence-corrected chi connectivity index (χ1v) is 12.0. The molecule has 6 nitrogen and oxygen atoms in total. The van der Waals surface area contributed by atoms with Gasteiger partial charge in [0.15, 0.2) is 11.5 Å². The highest BCUT2D eigenvalue weighted by molar-refractivity contribution is 5.66. The molecule has 1 heterocycles. The number of piperidine rings is 1. The van der Waals surface area contributed by atoms with Crippen molar-refractivity contribution < 1.29 is 24.5 Å². The van der Waals surface area contributed by atoms with Crippen molar-refractivity contribution in [2.75, 3.05) is 13.1 Å². The van der Waals surface area contributed by atoms with Crippen molar-refractivity contribution >= 4 is 5.97 Å². The van der Waals surface area contributed by atoms with E-state index in [9.17, 15) is 15.0 Å². The van der Waals surface area contributed by atoms with Crippen molar-refractivity contribution in [2.24, 2.45) is 11.8 Å². The average Bonchev–Trinajstić information content (AvgIpc) is 2.77. The SMILES string of the molecule is CC[C@@H]1C#CC[C@H](Cc2ccc(O)c(OC3CCNCC3)c2)[C@@H](OC(C)=O)C[C@@H](O)CC1. The third-order valence-corrected chi connectivity index (χ3v) is 6.46. The highest BCUT2D eigenvalue weighted by atomic mass is 16.5. The van der Waals surface area contributed by atoms with Gasteiger partial charge < -0.3 is 25.0 Å². The molecule has 1 aromatic rings. The predicted octanol–water partition coefficient (Wildman–Crippen LogP) is 3.58. The zero-order valence-corrected chi connectivity index (χ0v) is 19.3. The Hall–Kier alpha value is -2.23. The van der Waals surface area contributed by atoms with Gasteiger partial charge in [-0.05, 0) is 69.3 Å². The summed E-state index contributed by atoms with van der Waals surface area (Å²) in [5.41, 5.74) is 0.995. The first-order chi connectivity index (χ1) is 15.4. The summed E-state index contributed by atoms with van der Waals surface area (Å²) in [6, 6.07) is 5.44. The second-order valence-corrected chi connectivity index (χ2v) is 9.08. The second kappa shape index (κ2) is 12.1. The summed E-state index contributed by atoms with van der Waals surface area (Å²) in [6.45, 7) is 5.36. The average molecular weight is 444 g/mol. The van der Waals surface area contributed by atoms with Crippen LogP contribution in [0.3, 0.4) is 0 Å². The molecule has 1 aromatic carbocycles. The van der Waals surface area contributed by atoms with Crippen LogP contribution in [0.15, 0.2) is 18.2 Å². The summed E-state index contributed by atoms with van der Waals surface area (Å²) >= 11 is 0. The number of hydrogen-bond acceptors (Lipinski definition) is 6. The number of ether oxygens (including phenoxy) is 2. The summed E-state index contributed by atoms with van der Waals surface area (Å²) in [4.78, 5) is 11.8. The standard InChI is InChI=1S/C26H37NO5/c1-3-19-5-4-6-21(25(31-18(2)28)17-22(29)9-7-19)15-20-8-10-24(30)26(16-20)32-23-11-13-27-14-12-23/h8,10,16,19,21-23,25,27,29-30H,3,6-7,9,11-15,17H2,1-2H3/t19-,21-,22+,25+/m1/s1. The largest absolute Gasteiger partial charge is 0.504 e. The van der Waals surface area contributed by atoms with E-state index in [1.54, 1.807) is 6.07 Å². The number of hydrogen-bond donors (Lipinski definition) is 3. The van der Waals surface area contributed by atoms with Gasteiger partial charge in [0.2, 0.25) is 0 Å². The minimum Gasteiger partial charge on any atom is -0.504 e. The molecule has 0 amide bonds. The number of nitrogens with one attached hydrogen (secondary N) is 1. The first-order valence-electron chi connectivity index (χ1n) is 12.0. The summed E-state index contributed by atoms with van der Waals surface area (Å²) < 4.78 is 11.7. The van der Waals surface area contributed by atoms with Crippen LogP contribution in [0.5, 0.6) is 11.5 Å². The van der Waals surface area contributed by atoms with E-state index in [2.05, 4.69) is 24.1 Å². The Morgan fingerprint density at radius 2 is 2.00 bits per heavy atom. The highest BCUT2D eigenvalue weighted by Gasteiger charge is 2.28. The molecule has 1 fully saturated rings. The lowest BCUT2D eigenvalue weighted by atomic mass is 9.85. The minimum absolute atomic E-state index is 0.0482. The van der Waals surface area contributed by atoms with Gasteiger partial charge in [0.05, 0.1) is 6.10 Å². The number of aromatic hydroxyl groups is 1. The Balaban J connectivity index is 1.80. The van der Waals surface area contributed by atoms with E-state index >= 15 is 0 Å². The molecule has 0 unspecified atom stereocenters. The molecule has 32 heavy (non-hydrogen) atoms. The number of rotatable bonds is 6. The van der Waals surface area contributed by atoms with Gasteiger partial charge >= 0.3 is 5.97 Å². The van der Waals surface area contributed by atoms with Crippen LogP contribution in [0.25, 0.3) is 0 Å². The van der Waals surface area contributed by atoms with Crippen LogP contribution in [-0.2, 0) is 16.0 Å². The monoisotopic (exact) mass is 443 g/mol. The van der Waals surface area contributed by atoms with E-state index in [1.165, 1.54) is 6.92 Å². The summed E-state index contributed by atoms with van der Waals surface area (Å²) in [5.74, 6) is 7.20. The maximum atomic E-state index is 11.8. The molecule has 6 heteroatoms. The Labute approximate surface area is 191 Å². The second-order valence-electron chi connectivity index (χ2n) is 9.08. The molecular formula is C26H37NO5. The molecule has 0 bridgehead atoms. The van der Waals surface area contributed by atoms with Gasteiger partial charge in [0.1, 0.15) is 12.2 Å². The number of aliphatic hydroxyl groups excluding tert-OH is 1. The van der Waals surface area contributed by atoms with Crippen LogP contribution in [0.2, 0.25) is 0 Å². The number of phenolic OH excluding ortho intramolecular Hbond substituents is 1. The highest BCUT2D eigenvalue weighted by Crippen LogP contribution is 2.32. The maximum Gasteiger partial charge on any atom is 0.302 e. The lowest BCUT2D eigenvalue weighted by molar-refractivity contribution is -0.150. The summed E-state index contributed by atoms with van der Waals surface area (Å²) in [6.07, 6.45) is 5.10. The quantitative estimate of drug-likeness (QED) is 0.460. The van der Waals surface area contributed by atoms with Crippen LogP contribution in [0.1, 0.15) is 64.4 Å². The topological polar surface area (TPSA) is 88.0 Å². The van der Waals surface area contributed by atoms with E-state index in [4.69, 9.17) is 9.47 Å². The van der Waals surface area contributed by atoms with Gasteiger partial charge in [-0.2, -0.15) is 0 Å². The number of carbonyl (C=O) groups excluding carboxylic acids is 1. The van der Waals surface area contributed by atoms with Crippen LogP contribution >= 0.6 is 0 Å². The lowest BCUT2D eigenvalue weighted by Gasteiger charge is -2.29. The fraction of sp³-hybridized carbons (Fsp3) is 0.654. The van der Waals surface area contributed by atoms with Crippen molar-refractivity contribution in [2.45, 2.75) is 83.5 Å². The Morgan fingerprint density at radius 1 is 1.22 bits per heavy atom. The molecule has 1 aliphatic heterocycles. The molecule has 1 aliphatic carbocycles. The summed E-state index contributed by atoms with van der Waals surface area (Å²) in [7, 11) is 0. The van der Waals surface area contributed by atoms with Crippen molar-refractivity contribution in [1.29, 1.82) is 0 Å². The van der Waals surface area contributed by atoms with Gasteiger partial charge in [0, 0.05) is 31.6 Å². The van der Waals surface area contributed by atoms with E-state index in [-0.39, 0.29) is 29.7 Å². The Bertz CT molecular complexity index is 808. The third-order valence-electron chi connectivity index (χ3n) is 6.46. The zero-order valence-electron chi connectivity index (χ0n) is 19.3. The molecule has 0 spiro atoms. The van der Waals surface area contributed by atoms with Gasteiger partial charge in [0.25, 0.3) is 0 Å². The van der Waals surface area contributed by atoms with E-state index in [1.807, 2.05) is 12.1 Å². The first kappa shape index (κ1) is 24.4. The van der Waals surface area contributed by atoms with Crippen molar-refractivity contribution in [3.63, 3.8) is 0 Å². The molecule has 3 rings (SSSR count). The number of esters is 1.